The minimum atomic E-state index is -1.04. The Labute approximate surface area is 154 Å². The first kappa shape index (κ1) is 19.0. The Balaban J connectivity index is 1.79. The lowest BCUT2D eigenvalue weighted by Crippen LogP contribution is -2.51. The van der Waals surface area contributed by atoms with Gasteiger partial charge >= 0.3 is 5.97 Å². The predicted octanol–water partition coefficient (Wildman–Crippen LogP) is 2.77. The zero-order valence-electron chi connectivity index (χ0n) is 15.2. The number of nitrogens with zero attached hydrogens (tertiary/aromatic N) is 1. The van der Waals surface area contributed by atoms with Gasteiger partial charge in [0.05, 0.1) is 18.0 Å². The molecule has 1 aromatic carbocycles. The number of nitrogens with one attached hydrogen (secondary N) is 1. The van der Waals surface area contributed by atoms with Gasteiger partial charge in [0.25, 0.3) is 0 Å². The van der Waals surface area contributed by atoms with Crippen molar-refractivity contribution in [3.63, 3.8) is 0 Å². The number of hydrazine groups is 1. The number of unbranched alkanes of at least 4 members (excludes halogenated alkanes) is 2. The molecular weight excluding hydrogens is 332 g/mol. The van der Waals surface area contributed by atoms with E-state index >= 15 is 0 Å². The maximum Gasteiger partial charge on any atom is 0.307 e. The van der Waals surface area contributed by atoms with Crippen LogP contribution in [-0.2, 0) is 16.0 Å². The summed E-state index contributed by atoms with van der Waals surface area (Å²) in [7, 11) is 0. The summed E-state index contributed by atoms with van der Waals surface area (Å²) in [5, 5.41) is 22.1. The van der Waals surface area contributed by atoms with Crippen molar-refractivity contribution < 1.29 is 14.7 Å². The van der Waals surface area contributed by atoms with Crippen LogP contribution in [0.5, 0.6) is 0 Å². The van der Waals surface area contributed by atoms with Crippen molar-refractivity contribution in [2.24, 2.45) is 17.8 Å². The lowest BCUT2D eigenvalue weighted by molar-refractivity contribution is -0.139. The van der Waals surface area contributed by atoms with Gasteiger partial charge in [-0.25, -0.2) is 0 Å². The van der Waals surface area contributed by atoms with Gasteiger partial charge in [0.15, 0.2) is 5.78 Å². The monoisotopic (exact) mass is 359 g/mol. The number of carboxylic acid groups (broad SMARTS) is 1. The number of hydroxylamine groups is 1. The van der Waals surface area contributed by atoms with Crippen molar-refractivity contribution in [1.29, 1.82) is 0 Å². The van der Waals surface area contributed by atoms with E-state index in [1.807, 2.05) is 30.3 Å². The molecule has 2 aliphatic rings. The summed E-state index contributed by atoms with van der Waals surface area (Å²) in [6.45, 7) is 1.90. The van der Waals surface area contributed by atoms with Gasteiger partial charge < -0.3 is 15.5 Å². The van der Waals surface area contributed by atoms with E-state index in [1.165, 1.54) is 0 Å². The van der Waals surface area contributed by atoms with Crippen LogP contribution in [0.25, 0.3) is 0 Å². The molecule has 1 aromatic rings. The number of benzene rings is 1. The number of hydrogen-bond acceptors (Lipinski definition) is 5. The molecule has 26 heavy (non-hydrogen) atoms. The normalized spacial score (nSPS) is 31.3. The van der Waals surface area contributed by atoms with Gasteiger partial charge in [-0.05, 0) is 30.7 Å². The van der Waals surface area contributed by atoms with E-state index in [-0.39, 0.29) is 24.2 Å². The van der Waals surface area contributed by atoms with E-state index in [1.54, 1.807) is 0 Å². The minimum absolute atomic E-state index is 0.0298. The minimum Gasteiger partial charge on any atom is -0.771 e. The van der Waals surface area contributed by atoms with E-state index < -0.39 is 17.4 Å². The number of hydrogen-bond donors (Lipinski definition) is 2. The van der Waals surface area contributed by atoms with Crippen LogP contribution in [0.4, 0.5) is 0 Å². The molecule has 1 saturated heterocycles. The fourth-order valence-electron chi connectivity index (χ4n) is 4.58. The SMILES string of the molecule is CCCCCC1C(C(=O)O)C1C1(CCc2ccccc2)NN([O-])CC1=O. The van der Waals surface area contributed by atoms with Crippen molar-refractivity contribution >= 4 is 11.8 Å². The quantitative estimate of drug-likeness (QED) is 0.659. The van der Waals surface area contributed by atoms with Crippen LogP contribution in [0.2, 0.25) is 0 Å². The second-order valence-electron chi connectivity index (χ2n) is 7.58. The molecule has 2 N–H and O–H groups in total. The standard InChI is InChI=1S/C20H27N2O4/c1-2-3-5-10-15-17(19(24)25)18(15)20(16(23)13-22(26)21-20)12-11-14-8-6-4-7-9-14/h4,6-9,15,17-18,21H,2-3,5,10-13H2,1H3,(H,24,25)/q-1. The molecule has 2 fully saturated rings. The maximum atomic E-state index is 12.8. The highest BCUT2D eigenvalue weighted by molar-refractivity contribution is 5.94. The summed E-state index contributed by atoms with van der Waals surface area (Å²) in [5.41, 5.74) is 2.86. The molecule has 0 radical (unpaired) electrons. The molecule has 0 bridgehead atoms. The first-order valence-corrected chi connectivity index (χ1v) is 9.52. The Morgan fingerprint density at radius 3 is 2.65 bits per heavy atom. The summed E-state index contributed by atoms with van der Waals surface area (Å²) in [4.78, 5) is 24.5. The Morgan fingerprint density at radius 2 is 2.08 bits per heavy atom. The Kier molecular flexibility index (Phi) is 5.75. The van der Waals surface area contributed by atoms with Gasteiger partial charge in [0, 0.05) is 5.92 Å². The van der Waals surface area contributed by atoms with Crippen molar-refractivity contribution in [3.8, 4) is 0 Å². The van der Waals surface area contributed by atoms with Gasteiger partial charge in [-0.1, -0.05) is 56.5 Å². The Hall–Kier alpha value is -1.76. The number of Topliss-reactive ketones (excluding diaryl/α,β-unsaturated/α-hetero) is 1. The third-order valence-electron chi connectivity index (χ3n) is 5.92. The Bertz CT molecular complexity index is 650. The maximum absolute atomic E-state index is 12.8. The van der Waals surface area contributed by atoms with Gasteiger partial charge in [-0.3, -0.25) is 15.0 Å². The lowest BCUT2D eigenvalue weighted by atomic mass is 9.82. The molecule has 1 aliphatic carbocycles. The molecular formula is C20H27N2O4-. The molecule has 6 heteroatoms. The summed E-state index contributed by atoms with van der Waals surface area (Å²) >= 11 is 0. The van der Waals surface area contributed by atoms with E-state index in [4.69, 9.17) is 0 Å². The number of aliphatic carboxylic acids is 1. The van der Waals surface area contributed by atoms with Crippen LogP contribution in [0.1, 0.15) is 44.6 Å². The van der Waals surface area contributed by atoms with Gasteiger partial charge in [-0.2, -0.15) is 0 Å². The second-order valence-corrected chi connectivity index (χ2v) is 7.58. The van der Waals surface area contributed by atoms with Gasteiger partial charge in [0.1, 0.15) is 0 Å². The number of rotatable bonds is 9. The molecule has 0 aromatic heterocycles. The summed E-state index contributed by atoms with van der Waals surface area (Å²) in [6.07, 6.45) is 4.98. The molecule has 4 atom stereocenters. The fourth-order valence-corrected chi connectivity index (χ4v) is 4.58. The number of carboxylic acids is 1. The second kappa shape index (κ2) is 7.86. The van der Waals surface area contributed by atoms with Crippen molar-refractivity contribution in [2.45, 2.75) is 51.0 Å². The van der Waals surface area contributed by atoms with Crippen LogP contribution in [0.3, 0.4) is 0 Å². The summed E-state index contributed by atoms with van der Waals surface area (Å²) < 4.78 is 0. The number of carbonyl (C=O) groups excluding carboxylic acids is 1. The van der Waals surface area contributed by atoms with Crippen LogP contribution in [0, 0.1) is 23.0 Å². The summed E-state index contributed by atoms with van der Waals surface area (Å²) in [5.74, 6) is -1.89. The largest absolute Gasteiger partial charge is 0.771 e. The highest BCUT2D eigenvalue weighted by Crippen LogP contribution is 2.57. The van der Waals surface area contributed by atoms with E-state index in [0.717, 1.165) is 31.2 Å². The average Bonchev–Trinajstić information content (AvgIpc) is 3.27. The van der Waals surface area contributed by atoms with Crippen LogP contribution >= 0.6 is 0 Å². The molecule has 0 amide bonds. The average molecular weight is 359 g/mol. The van der Waals surface area contributed by atoms with E-state index in [9.17, 15) is 19.9 Å². The number of carbonyl (C=O) groups is 2. The zero-order valence-corrected chi connectivity index (χ0v) is 15.2. The van der Waals surface area contributed by atoms with Crippen LogP contribution in [0.15, 0.2) is 30.3 Å². The van der Waals surface area contributed by atoms with Gasteiger partial charge in [0.2, 0.25) is 0 Å². The number of ketones is 1. The highest BCUT2D eigenvalue weighted by atomic mass is 16.5. The highest BCUT2D eigenvalue weighted by Gasteiger charge is 2.67. The first-order valence-electron chi connectivity index (χ1n) is 9.52. The molecule has 1 heterocycles. The predicted molar refractivity (Wildman–Crippen MR) is 98.0 cm³/mol. The lowest BCUT2D eigenvalue weighted by Gasteiger charge is -2.32. The fraction of sp³-hybridized carbons (Fsp3) is 0.600. The third-order valence-corrected chi connectivity index (χ3v) is 5.92. The van der Waals surface area contributed by atoms with E-state index in [0.29, 0.717) is 18.0 Å². The third kappa shape index (κ3) is 3.68. The smallest absolute Gasteiger partial charge is 0.307 e. The molecule has 6 nitrogen and oxygen atoms in total. The topological polar surface area (TPSA) is 92.7 Å². The van der Waals surface area contributed by atoms with Crippen molar-refractivity contribution in [2.75, 3.05) is 6.54 Å². The van der Waals surface area contributed by atoms with Crippen LogP contribution < -0.4 is 5.43 Å². The molecule has 1 saturated carbocycles. The van der Waals surface area contributed by atoms with E-state index in [2.05, 4.69) is 12.3 Å². The first-order chi connectivity index (χ1) is 12.5. The molecule has 0 spiro atoms. The van der Waals surface area contributed by atoms with Crippen molar-refractivity contribution in [3.05, 3.63) is 41.1 Å². The molecule has 142 valence electrons. The summed E-state index contributed by atoms with van der Waals surface area (Å²) in [6, 6.07) is 9.79. The zero-order chi connectivity index (χ0) is 18.7. The number of aryl methyl sites for hydroxylation is 1. The Morgan fingerprint density at radius 1 is 1.35 bits per heavy atom. The molecule has 1 aliphatic heterocycles. The molecule has 4 unspecified atom stereocenters. The van der Waals surface area contributed by atoms with Crippen molar-refractivity contribution in [1.82, 2.24) is 10.6 Å². The molecule has 3 rings (SSSR count). The van der Waals surface area contributed by atoms with Gasteiger partial charge in [-0.15, -0.1) is 0 Å². The van der Waals surface area contributed by atoms with Crippen LogP contribution in [-0.4, -0.2) is 34.1 Å².